The molecule has 2 heterocycles. The van der Waals surface area contributed by atoms with Gasteiger partial charge in [0, 0.05) is 20.3 Å². The molecule has 1 aliphatic carbocycles. The number of amides is 1. The molecule has 20 heavy (non-hydrogen) atoms. The van der Waals surface area contributed by atoms with Gasteiger partial charge in [0.15, 0.2) is 0 Å². The van der Waals surface area contributed by atoms with Gasteiger partial charge in [0.2, 0.25) is 0 Å². The number of rotatable bonds is 3. The van der Waals surface area contributed by atoms with Crippen molar-refractivity contribution in [1.29, 1.82) is 0 Å². The Kier molecular flexibility index (Phi) is 4.10. The van der Waals surface area contributed by atoms with Gasteiger partial charge in [-0.1, -0.05) is 0 Å². The Bertz CT molecular complexity index is 487. The van der Waals surface area contributed by atoms with Gasteiger partial charge in [-0.3, -0.25) is 4.79 Å². The van der Waals surface area contributed by atoms with Crippen molar-refractivity contribution in [2.45, 2.75) is 31.9 Å². The fourth-order valence-electron chi connectivity index (χ4n) is 3.40. The van der Waals surface area contributed by atoms with E-state index in [9.17, 15) is 4.79 Å². The number of hydrogen-bond acceptors (Lipinski definition) is 4. The van der Waals surface area contributed by atoms with E-state index in [0.29, 0.717) is 19.1 Å². The Hall–Kier alpha value is -0.910. The molecule has 2 fully saturated rings. The summed E-state index contributed by atoms with van der Waals surface area (Å²) in [6, 6.07) is 2.23. The van der Waals surface area contributed by atoms with Crippen LogP contribution in [0.5, 0.6) is 0 Å². The number of nitrogens with zero attached hydrogens (tertiary/aromatic N) is 1. The zero-order valence-corrected chi connectivity index (χ0v) is 12.8. The molecule has 0 radical (unpaired) electrons. The maximum atomic E-state index is 12.7. The number of methoxy groups -OCH3 is 1. The van der Waals surface area contributed by atoms with Crippen LogP contribution in [-0.2, 0) is 9.47 Å². The number of fused-ring (bicyclic) bond motifs is 1. The molecule has 1 saturated carbocycles. The van der Waals surface area contributed by atoms with Gasteiger partial charge in [-0.05, 0) is 42.7 Å². The minimum absolute atomic E-state index is 0.175. The van der Waals surface area contributed by atoms with E-state index in [1.165, 1.54) is 11.3 Å². The van der Waals surface area contributed by atoms with Crippen LogP contribution in [0.15, 0.2) is 11.4 Å². The molecule has 0 bridgehead atoms. The lowest BCUT2D eigenvalue weighted by Gasteiger charge is -2.37. The van der Waals surface area contributed by atoms with Gasteiger partial charge < -0.3 is 14.4 Å². The third kappa shape index (κ3) is 2.50. The van der Waals surface area contributed by atoms with E-state index in [1.807, 2.05) is 23.3 Å². The van der Waals surface area contributed by atoms with Gasteiger partial charge in [-0.25, -0.2) is 0 Å². The minimum atomic E-state index is 0.175. The van der Waals surface area contributed by atoms with Crippen molar-refractivity contribution in [3.63, 3.8) is 0 Å². The maximum absolute atomic E-state index is 12.7. The van der Waals surface area contributed by atoms with Gasteiger partial charge in [-0.15, -0.1) is 11.3 Å². The lowest BCUT2D eigenvalue weighted by molar-refractivity contribution is -0.0448. The lowest BCUT2D eigenvalue weighted by atomic mass is 10.1. The summed E-state index contributed by atoms with van der Waals surface area (Å²) in [7, 11) is 1.74. The zero-order chi connectivity index (χ0) is 14.1. The Morgan fingerprint density at radius 1 is 1.55 bits per heavy atom. The molecule has 0 N–H and O–H groups in total. The predicted octanol–water partition coefficient (Wildman–Crippen LogP) is 2.32. The van der Waals surface area contributed by atoms with E-state index in [4.69, 9.17) is 9.47 Å². The summed E-state index contributed by atoms with van der Waals surface area (Å²) in [5.41, 5.74) is 1.08. The predicted molar refractivity (Wildman–Crippen MR) is 78.2 cm³/mol. The first-order valence-electron chi connectivity index (χ1n) is 7.16. The zero-order valence-electron chi connectivity index (χ0n) is 12.0. The summed E-state index contributed by atoms with van der Waals surface area (Å²) in [4.78, 5) is 15.6. The van der Waals surface area contributed by atoms with Crippen LogP contribution in [-0.4, -0.2) is 49.8 Å². The van der Waals surface area contributed by atoms with Gasteiger partial charge >= 0.3 is 0 Å². The van der Waals surface area contributed by atoms with Crippen molar-refractivity contribution in [2.24, 2.45) is 5.92 Å². The highest BCUT2D eigenvalue weighted by molar-refractivity contribution is 7.12. The van der Waals surface area contributed by atoms with Crippen molar-refractivity contribution in [2.75, 3.05) is 26.9 Å². The van der Waals surface area contributed by atoms with Gasteiger partial charge in [-0.2, -0.15) is 0 Å². The average Bonchev–Trinajstić information content (AvgIpc) is 3.03. The average molecular weight is 295 g/mol. The van der Waals surface area contributed by atoms with Crippen LogP contribution >= 0.6 is 11.3 Å². The maximum Gasteiger partial charge on any atom is 0.264 e. The van der Waals surface area contributed by atoms with Crippen LogP contribution in [0, 0.1) is 12.8 Å². The van der Waals surface area contributed by atoms with Crippen LogP contribution in [0.3, 0.4) is 0 Å². The fraction of sp³-hybridized carbons (Fsp3) is 0.667. The van der Waals surface area contributed by atoms with Crippen molar-refractivity contribution in [3.8, 4) is 0 Å². The molecule has 1 saturated heterocycles. The summed E-state index contributed by atoms with van der Waals surface area (Å²) in [6.07, 6.45) is 2.19. The molecule has 1 amide bonds. The first-order chi connectivity index (χ1) is 9.70. The van der Waals surface area contributed by atoms with E-state index < -0.39 is 0 Å². The summed E-state index contributed by atoms with van der Waals surface area (Å²) in [6.45, 7) is 4.12. The second kappa shape index (κ2) is 5.84. The highest BCUT2D eigenvalue weighted by Gasteiger charge is 2.43. The molecule has 0 spiro atoms. The monoisotopic (exact) mass is 295 g/mol. The molecule has 3 atom stereocenters. The Balaban J connectivity index is 1.76. The van der Waals surface area contributed by atoms with Crippen LogP contribution in [0.1, 0.15) is 28.1 Å². The van der Waals surface area contributed by atoms with Crippen molar-refractivity contribution in [3.05, 3.63) is 21.9 Å². The molecular formula is C15H21NO3S. The molecule has 3 unspecified atom stereocenters. The van der Waals surface area contributed by atoms with Crippen LogP contribution in [0.25, 0.3) is 0 Å². The van der Waals surface area contributed by atoms with Crippen molar-refractivity contribution >= 4 is 17.2 Å². The molecule has 3 rings (SSSR count). The standard InChI is InChI=1S/C15H21NO3S/c1-10-3-6-20-14(10)15(17)16-4-5-19-13-8-11(9-18-2)7-12(13)16/h3,6,11-13H,4-5,7-9H2,1-2H3. The minimum Gasteiger partial charge on any atom is -0.384 e. The number of hydrogen-bond donors (Lipinski definition) is 0. The third-order valence-corrected chi connectivity index (χ3v) is 5.36. The normalized spacial score (nSPS) is 29.5. The summed E-state index contributed by atoms with van der Waals surface area (Å²) >= 11 is 1.54. The quantitative estimate of drug-likeness (QED) is 0.859. The van der Waals surface area contributed by atoms with E-state index in [1.54, 1.807) is 7.11 Å². The summed E-state index contributed by atoms with van der Waals surface area (Å²) in [5, 5.41) is 1.99. The van der Waals surface area contributed by atoms with E-state index in [2.05, 4.69) is 0 Å². The van der Waals surface area contributed by atoms with Crippen molar-refractivity contribution < 1.29 is 14.3 Å². The SMILES string of the molecule is COCC1CC2OCCN(C(=O)c3sccc3C)C2C1. The molecule has 1 aromatic heterocycles. The summed E-state index contributed by atoms with van der Waals surface area (Å²) < 4.78 is 11.1. The second-order valence-electron chi connectivity index (χ2n) is 5.70. The summed E-state index contributed by atoms with van der Waals surface area (Å²) in [5.74, 6) is 0.682. The topological polar surface area (TPSA) is 38.8 Å². The fourth-order valence-corrected chi connectivity index (χ4v) is 4.28. The van der Waals surface area contributed by atoms with Crippen LogP contribution < -0.4 is 0 Å². The van der Waals surface area contributed by atoms with Crippen LogP contribution in [0.2, 0.25) is 0 Å². The molecule has 110 valence electrons. The highest BCUT2D eigenvalue weighted by atomic mass is 32.1. The Morgan fingerprint density at radius 2 is 2.40 bits per heavy atom. The molecule has 1 aliphatic heterocycles. The van der Waals surface area contributed by atoms with Crippen LogP contribution in [0.4, 0.5) is 0 Å². The van der Waals surface area contributed by atoms with E-state index in [-0.39, 0.29) is 18.1 Å². The Labute approximate surface area is 123 Å². The first-order valence-corrected chi connectivity index (χ1v) is 8.04. The molecule has 2 aliphatic rings. The van der Waals surface area contributed by atoms with E-state index >= 15 is 0 Å². The number of thiophene rings is 1. The third-order valence-electron chi connectivity index (χ3n) is 4.35. The second-order valence-corrected chi connectivity index (χ2v) is 6.62. The van der Waals surface area contributed by atoms with Gasteiger partial charge in [0.05, 0.1) is 23.6 Å². The molecular weight excluding hydrogens is 274 g/mol. The first kappa shape index (κ1) is 14.0. The van der Waals surface area contributed by atoms with Gasteiger partial charge in [0.25, 0.3) is 5.91 Å². The van der Waals surface area contributed by atoms with Crippen molar-refractivity contribution in [1.82, 2.24) is 4.90 Å². The van der Waals surface area contributed by atoms with E-state index in [0.717, 1.165) is 29.9 Å². The molecule has 0 aromatic carbocycles. The Morgan fingerprint density at radius 3 is 3.10 bits per heavy atom. The number of carbonyl (C=O) groups excluding carboxylic acids is 1. The number of carbonyl (C=O) groups is 1. The molecule has 1 aromatic rings. The molecule has 4 nitrogen and oxygen atoms in total. The lowest BCUT2D eigenvalue weighted by Crippen LogP contribution is -2.51. The number of ether oxygens (including phenoxy) is 2. The number of morpholine rings is 1. The molecule has 5 heteroatoms. The smallest absolute Gasteiger partial charge is 0.264 e. The largest absolute Gasteiger partial charge is 0.384 e. The highest BCUT2D eigenvalue weighted by Crippen LogP contribution is 2.35. The number of aryl methyl sites for hydroxylation is 1. The van der Waals surface area contributed by atoms with Gasteiger partial charge in [0.1, 0.15) is 0 Å².